The van der Waals surface area contributed by atoms with Gasteiger partial charge in [0.05, 0.1) is 12.0 Å². The monoisotopic (exact) mass is 598 g/mol. The molecule has 0 bridgehead atoms. The summed E-state index contributed by atoms with van der Waals surface area (Å²) in [6, 6.07) is 17.7. The zero-order valence-corrected chi connectivity index (χ0v) is 25.2. The summed E-state index contributed by atoms with van der Waals surface area (Å²) in [6.07, 6.45) is 1.96. The van der Waals surface area contributed by atoms with Gasteiger partial charge in [-0.15, -0.1) is 16.2 Å². The molecule has 9 nitrogen and oxygen atoms in total. The highest BCUT2D eigenvalue weighted by molar-refractivity contribution is 8.16. The highest BCUT2D eigenvalue weighted by Crippen LogP contribution is 2.26. The zero-order valence-electron chi connectivity index (χ0n) is 22.7. The molecular formula is C28H30N4O5S3. The van der Waals surface area contributed by atoms with Crippen LogP contribution in [0.2, 0.25) is 0 Å². The number of ether oxygens (including phenoxy) is 1. The van der Waals surface area contributed by atoms with Gasteiger partial charge in [0, 0.05) is 5.69 Å². The Bertz CT molecular complexity index is 1610. The van der Waals surface area contributed by atoms with Crippen LogP contribution in [0.4, 0.5) is 5.69 Å². The predicted molar refractivity (Wildman–Crippen MR) is 163 cm³/mol. The number of nitrogens with one attached hydrogen (secondary N) is 2. The first-order valence-corrected chi connectivity index (χ1v) is 16.1. The van der Waals surface area contributed by atoms with Crippen LogP contribution in [0.1, 0.15) is 22.3 Å². The lowest BCUT2D eigenvalue weighted by atomic mass is 10.0. The lowest BCUT2D eigenvalue weighted by Crippen LogP contribution is -2.43. The van der Waals surface area contributed by atoms with Crippen molar-refractivity contribution < 1.29 is 22.2 Å². The summed E-state index contributed by atoms with van der Waals surface area (Å²) in [5, 5.41) is 3.75. The number of rotatable bonds is 8. The second-order valence-corrected chi connectivity index (χ2v) is 12.6. The second-order valence-electron chi connectivity index (χ2n) is 9.30. The number of carbonyl (C=O) groups is 1. The Morgan fingerprint density at radius 2 is 1.68 bits per heavy atom. The third kappa shape index (κ3) is 6.87. The van der Waals surface area contributed by atoms with Gasteiger partial charge in [0.25, 0.3) is 11.2 Å². The van der Waals surface area contributed by atoms with Crippen LogP contribution in [0.25, 0.3) is 11.1 Å². The van der Waals surface area contributed by atoms with Gasteiger partial charge < -0.3 is 10.1 Å². The quantitative estimate of drug-likeness (QED) is 0.366. The molecule has 0 fully saturated rings. The van der Waals surface area contributed by atoms with Crippen molar-refractivity contribution in [2.24, 2.45) is 8.80 Å². The van der Waals surface area contributed by atoms with Crippen LogP contribution < -0.4 is 10.0 Å². The minimum Gasteiger partial charge on any atom is -0.468 e. The molecule has 0 radical (unpaired) electrons. The summed E-state index contributed by atoms with van der Waals surface area (Å²) < 4.78 is 53.8. The van der Waals surface area contributed by atoms with Crippen molar-refractivity contribution >= 4 is 55.5 Å². The van der Waals surface area contributed by atoms with E-state index in [2.05, 4.69) is 18.8 Å². The number of carbonyl (C=O) groups excluding carboxylic acids is 1. The smallest absolute Gasteiger partial charge is 0.324 e. The highest BCUT2D eigenvalue weighted by atomic mass is 32.2. The largest absolute Gasteiger partial charge is 0.468 e. The van der Waals surface area contributed by atoms with E-state index in [4.69, 9.17) is 4.74 Å². The van der Waals surface area contributed by atoms with E-state index < -0.39 is 33.2 Å². The highest BCUT2D eigenvalue weighted by Gasteiger charge is 2.29. The molecule has 1 aliphatic heterocycles. The molecule has 0 saturated heterocycles. The Labute approximate surface area is 241 Å². The first-order valence-electron chi connectivity index (χ1n) is 12.3. The number of amidine groups is 1. The molecule has 0 aliphatic carbocycles. The first kappa shape index (κ1) is 29.7. The van der Waals surface area contributed by atoms with Crippen molar-refractivity contribution in [2.75, 3.05) is 18.7 Å². The number of esters is 1. The maximum Gasteiger partial charge on any atom is 0.324 e. The molecule has 0 amide bonds. The van der Waals surface area contributed by atoms with E-state index in [0.717, 1.165) is 27.9 Å². The number of sulfonamides is 1. The van der Waals surface area contributed by atoms with Gasteiger partial charge in [0.2, 0.25) is 10.0 Å². The van der Waals surface area contributed by atoms with Crippen molar-refractivity contribution in [3.63, 3.8) is 0 Å². The number of benzene rings is 3. The fourth-order valence-corrected chi connectivity index (χ4v) is 7.63. The number of thioether (sulfide) groups is 1. The molecular weight excluding hydrogens is 569 g/mol. The minimum atomic E-state index is -3.98. The average molecular weight is 599 g/mol. The fourth-order valence-electron chi connectivity index (χ4n) is 4.60. The van der Waals surface area contributed by atoms with E-state index in [-0.39, 0.29) is 11.3 Å². The number of hydrogen-bond donors (Lipinski definition) is 2. The van der Waals surface area contributed by atoms with E-state index in [0.29, 0.717) is 22.0 Å². The Kier molecular flexibility index (Phi) is 9.24. The molecule has 12 heteroatoms. The molecule has 3 aromatic carbocycles. The lowest BCUT2D eigenvalue weighted by Gasteiger charge is -2.19. The van der Waals surface area contributed by atoms with Gasteiger partial charge in [0.1, 0.15) is 6.04 Å². The van der Waals surface area contributed by atoms with E-state index >= 15 is 0 Å². The fraction of sp³-hybridized carbons (Fsp3) is 0.250. The van der Waals surface area contributed by atoms with E-state index in [1.807, 2.05) is 61.7 Å². The van der Waals surface area contributed by atoms with Gasteiger partial charge in [-0.25, -0.2) is 12.6 Å². The lowest BCUT2D eigenvalue weighted by molar-refractivity contribution is -0.142. The van der Waals surface area contributed by atoms with Gasteiger partial charge in [-0.05, 0) is 73.4 Å². The topological polar surface area (TPSA) is 126 Å². The molecule has 1 heterocycles. The van der Waals surface area contributed by atoms with Crippen molar-refractivity contribution in [3.8, 4) is 11.1 Å². The van der Waals surface area contributed by atoms with Crippen LogP contribution in [0.5, 0.6) is 0 Å². The van der Waals surface area contributed by atoms with E-state index in [1.54, 1.807) is 26.0 Å². The predicted octanol–water partition coefficient (Wildman–Crippen LogP) is 4.51. The summed E-state index contributed by atoms with van der Waals surface area (Å²) >= 11 is -0.248. The van der Waals surface area contributed by atoms with Crippen LogP contribution in [-0.4, -0.2) is 48.9 Å². The summed E-state index contributed by atoms with van der Waals surface area (Å²) in [4.78, 5) is 12.8. The molecule has 2 N–H and O–H groups in total. The number of aryl methyl sites for hydroxylation is 3. The number of methoxy groups -OCH3 is 1. The molecule has 2 unspecified atom stereocenters. The second kappa shape index (κ2) is 12.5. The summed E-state index contributed by atoms with van der Waals surface area (Å²) in [5.74, 6) is -0.205. The summed E-state index contributed by atoms with van der Waals surface area (Å²) in [5.41, 5.74) is 5.56. The SMILES string of the molecule is COC(=O)C(Cc1ccc(-c2cccc(NC3=NS(=O)N=C3SC)c2)cc1)NS(=O)(=O)c1c(C)cc(C)cc1C. The van der Waals surface area contributed by atoms with Crippen molar-refractivity contribution in [2.45, 2.75) is 38.1 Å². The van der Waals surface area contributed by atoms with Gasteiger partial charge in [0.15, 0.2) is 10.9 Å². The number of nitrogens with zero attached hydrogens (tertiary/aromatic N) is 2. The molecule has 1 aliphatic rings. The number of hydrogen-bond acceptors (Lipinski definition) is 7. The van der Waals surface area contributed by atoms with E-state index in [9.17, 15) is 17.4 Å². The van der Waals surface area contributed by atoms with Crippen LogP contribution in [-0.2, 0) is 37.1 Å². The van der Waals surface area contributed by atoms with Gasteiger partial charge >= 0.3 is 5.97 Å². The Hall–Kier alpha value is -3.32. The molecule has 0 aromatic heterocycles. The standard InChI is InChI=1S/C28H30N4O5S3/c1-17-13-18(2)25(19(3)14-17)40(35,36)32-24(28(33)37-4)15-20-9-11-21(12-10-20)22-7-6-8-23(16-22)29-26-27(38-5)31-39(34)30-26/h6-14,16,24,32H,15H2,1-5H3,(H,29,30). The Balaban J connectivity index is 1.52. The first-order chi connectivity index (χ1) is 19.0. The maximum atomic E-state index is 13.3. The molecule has 210 valence electrons. The van der Waals surface area contributed by atoms with Crippen LogP contribution in [0.15, 0.2) is 74.4 Å². The molecule has 3 aromatic rings. The molecule has 4 rings (SSSR count). The van der Waals surface area contributed by atoms with Crippen LogP contribution in [0.3, 0.4) is 0 Å². The minimum absolute atomic E-state index is 0.117. The Morgan fingerprint density at radius 3 is 2.30 bits per heavy atom. The molecule has 40 heavy (non-hydrogen) atoms. The van der Waals surface area contributed by atoms with Crippen LogP contribution in [0, 0.1) is 20.8 Å². The van der Waals surface area contributed by atoms with Crippen LogP contribution >= 0.6 is 11.8 Å². The Morgan fingerprint density at radius 1 is 1.00 bits per heavy atom. The van der Waals surface area contributed by atoms with Gasteiger partial charge in [-0.3, -0.25) is 4.79 Å². The maximum absolute atomic E-state index is 13.3. The van der Waals surface area contributed by atoms with Gasteiger partial charge in [-0.1, -0.05) is 54.1 Å². The third-order valence-corrected chi connectivity index (χ3v) is 9.48. The average Bonchev–Trinajstić information content (AvgIpc) is 3.26. The van der Waals surface area contributed by atoms with E-state index in [1.165, 1.54) is 18.9 Å². The van der Waals surface area contributed by atoms with Gasteiger partial charge in [-0.2, -0.15) is 9.12 Å². The zero-order chi connectivity index (χ0) is 29.0. The third-order valence-electron chi connectivity index (χ3n) is 6.24. The molecule has 0 spiro atoms. The summed E-state index contributed by atoms with van der Waals surface area (Å²) in [7, 11) is -2.75. The molecule has 0 saturated carbocycles. The number of anilines is 1. The molecule has 2 atom stereocenters. The van der Waals surface area contributed by atoms with Crippen molar-refractivity contribution in [1.82, 2.24) is 4.72 Å². The normalized spacial score (nSPS) is 15.8. The summed E-state index contributed by atoms with van der Waals surface area (Å²) in [6.45, 7) is 5.38. The van der Waals surface area contributed by atoms with Crippen molar-refractivity contribution in [1.29, 1.82) is 0 Å². The van der Waals surface area contributed by atoms with Crippen molar-refractivity contribution in [3.05, 3.63) is 82.9 Å².